The molecule has 2 aromatic rings. The molecule has 0 saturated heterocycles. The Morgan fingerprint density at radius 3 is 2.70 bits per heavy atom. The second-order valence-corrected chi connectivity index (χ2v) is 5.65. The predicted octanol–water partition coefficient (Wildman–Crippen LogP) is 2.92. The minimum absolute atomic E-state index is 0.00321. The fraction of sp³-hybridized carbons (Fsp3) is 0.312. The van der Waals surface area contributed by atoms with Gasteiger partial charge < -0.3 is 10.4 Å². The first-order valence-corrected chi connectivity index (χ1v) is 7.66. The van der Waals surface area contributed by atoms with Crippen molar-refractivity contribution in [2.45, 2.75) is 25.4 Å². The second-order valence-electron chi connectivity index (χ2n) is 4.67. The van der Waals surface area contributed by atoms with Crippen molar-refractivity contribution in [3.05, 3.63) is 58.3 Å². The number of nitrogens with one attached hydrogen (secondary N) is 1. The summed E-state index contributed by atoms with van der Waals surface area (Å²) < 4.78 is 0. The van der Waals surface area contributed by atoms with Crippen molar-refractivity contribution in [3.8, 4) is 0 Å². The summed E-state index contributed by atoms with van der Waals surface area (Å²) in [7, 11) is 0. The minimum atomic E-state index is -0.604. The molecule has 1 aromatic heterocycles. The molecule has 106 valence electrons. The third-order valence-electron chi connectivity index (χ3n) is 3.08. The summed E-state index contributed by atoms with van der Waals surface area (Å²) in [6, 6.07) is 13.9. The maximum absolute atomic E-state index is 11.7. The molecule has 1 heterocycles. The highest BCUT2D eigenvalue weighted by atomic mass is 32.1. The monoisotopic (exact) mass is 289 g/mol. The van der Waals surface area contributed by atoms with Crippen molar-refractivity contribution in [2.75, 3.05) is 6.54 Å². The average Bonchev–Trinajstić information content (AvgIpc) is 3.00. The lowest BCUT2D eigenvalue weighted by Crippen LogP contribution is -2.27. The van der Waals surface area contributed by atoms with E-state index in [0.29, 0.717) is 6.42 Å². The average molecular weight is 289 g/mol. The number of aliphatic hydroxyl groups is 1. The van der Waals surface area contributed by atoms with Gasteiger partial charge >= 0.3 is 0 Å². The smallest absolute Gasteiger partial charge is 0.220 e. The van der Waals surface area contributed by atoms with Crippen LogP contribution in [0.15, 0.2) is 47.8 Å². The summed E-state index contributed by atoms with van der Waals surface area (Å²) >= 11 is 1.50. The van der Waals surface area contributed by atoms with E-state index in [-0.39, 0.29) is 12.5 Å². The first kappa shape index (κ1) is 14.8. The second kappa shape index (κ2) is 7.82. The van der Waals surface area contributed by atoms with Gasteiger partial charge in [0.15, 0.2) is 0 Å². The van der Waals surface area contributed by atoms with Crippen molar-refractivity contribution in [3.63, 3.8) is 0 Å². The van der Waals surface area contributed by atoms with Crippen molar-refractivity contribution in [2.24, 2.45) is 0 Å². The third kappa shape index (κ3) is 4.79. The highest BCUT2D eigenvalue weighted by molar-refractivity contribution is 7.10. The van der Waals surface area contributed by atoms with Crippen LogP contribution in [0.2, 0.25) is 0 Å². The van der Waals surface area contributed by atoms with E-state index < -0.39 is 6.10 Å². The van der Waals surface area contributed by atoms with Crippen LogP contribution in [-0.2, 0) is 11.2 Å². The molecule has 0 fully saturated rings. The molecule has 0 aliphatic heterocycles. The topological polar surface area (TPSA) is 49.3 Å². The zero-order valence-electron chi connectivity index (χ0n) is 11.3. The van der Waals surface area contributed by atoms with E-state index in [0.717, 1.165) is 17.7 Å². The molecule has 0 aliphatic rings. The van der Waals surface area contributed by atoms with E-state index in [1.807, 2.05) is 35.7 Å². The number of amides is 1. The Hall–Kier alpha value is -1.65. The molecule has 0 spiro atoms. The molecule has 3 nitrogen and oxygen atoms in total. The molecular formula is C16H19NO2S. The summed E-state index contributed by atoms with van der Waals surface area (Å²) in [6.45, 7) is 0.282. The van der Waals surface area contributed by atoms with Crippen LogP contribution in [-0.4, -0.2) is 17.6 Å². The van der Waals surface area contributed by atoms with Crippen LogP contribution in [0.5, 0.6) is 0 Å². The van der Waals surface area contributed by atoms with Gasteiger partial charge in [0, 0.05) is 17.8 Å². The number of hydrogen-bond acceptors (Lipinski definition) is 3. The van der Waals surface area contributed by atoms with Gasteiger partial charge in [-0.3, -0.25) is 4.79 Å². The SMILES string of the molecule is O=C(CCCc1ccccc1)NCC(O)c1cccs1. The van der Waals surface area contributed by atoms with Gasteiger partial charge in [0.05, 0.1) is 0 Å². The summed E-state index contributed by atoms with van der Waals surface area (Å²) in [5, 5.41) is 14.5. The molecule has 4 heteroatoms. The van der Waals surface area contributed by atoms with Crippen LogP contribution in [0.1, 0.15) is 29.4 Å². The van der Waals surface area contributed by atoms with Gasteiger partial charge in [-0.15, -0.1) is 11.3 Å². The number of carbonyl (C=O) groups excluding carboxylic acids is 1. The van der Waals surface area contributed by atoms with Gasteiger partial charge in [0.1, 0.15) is 6.10 Å². The van der Waals surface area contributed by atoms with E-state index >= 15 is 0 Å². The number of rotatable bonds is 7. The molecule has 0 aliphatic carbocycles. The lowest BCUT2D eigenvalue weighted by Gasteiger charge is -2.10. The van der Waals surface area contributed by atoms with Crippen LogP contribution in [0.3, 0.4) is 0 Å². The standard InChI is InChI=1S/C16H19NO2S/c18-14(15-9-5-11-20-15)12-17-16(19)10-4-8-13-6-2-1-3-7-13/h1-3,5-7,9,11,14,18H,4,8,10,12H2,(H,17,19). The Morgan fingerprint density at radius 2 is 2.00 bits per heavy atom. The Labute approximate surface area is 123 Å². The fourth-order valence-corrected chi connectivity index (χ4v) is 2.69. The highest BCUT2D eigenvalue weighted by Gasteiger charge is 2.10. The van der Waals surface area contributed by atoms with Crippen LogP contribution in [0, 0.1) is 0 Å². The summed E-state index contributed by atoms with van der Waals surface area (Å²) in [4.78, 5) is 12.6. The van der Waals surface area contributed by atoms with Crippen molar-refractivity contribution < 1.29 is 9.90 Å². The maximum atomic E-state index is 11.7. The van der Waals surface area contributed by atoms with Crippen LogP contribution >= 0.6 is 11.3 Å². The van der Waals surface area contributed by atoms with E-state index in [9.17, 15) is 9.90 Å². The largest absolute Gasteiger partial charge is 0.386 e. The molecule has 1 atom stereocenters. The van der Waals surface area contributed by atoms with Gasteiger partial charge in [0.2, 0.25) is 5.91 Å². The van der Waals surface area contributed by atoms with Crippen LogP contribution in [0.25, 0.3) is 0 Å². The number of carbonyl (C=O) groups is 1. The van der Waals surface area contributed by atoms with Crippen molar-refractivity contribution in [1.82, 2.24) is 5.32 Å². The van der Waals surface area contributed by atoms with Crippen molar-refractivity contribution >= 4 is 17.2 Å². The van der Waals surface area contributed by atoms with Crippen molar-refractivity contribution in [1.29, 1.82) is 0 Å². The quantitative estimate of drug-likeness (QED) is 0.823. The Morgan fingerprint density at radius 1 is 1.20 bits per heavy atom. The zero-order chi connectivity index (χ0) is 14.2. The molecule has 0 bridgehead atoms. The van der Waals surface area contributed by atoms with Gasteiger partial charge in [-0.25, -0.2) is 0 Å². The van der Waals surface area contributed by atoms with E-state index in [1.165, 1.54) is 16.9 Å². The molecule has 0 saturated carbocycles. The van der Waals surface area contributed by atoms with Gasteiger partial charge in [-0.1, -0.05) is 36.4 Å². The van der Waals surface area contributed by atoms with E-state index in [1.54, 1.807) is 0 Å². The molecule has 1 unspecified atom stereocenters. The lowest BCUT2D eigenvalue weighted by atomic mass is 10.1. The lowest BCUT2D eigenvalue weighted by molar-refractivity contribution is -0.121. The number of thiophene rings is 1. The normalized spacial score (nSPS) is 12.1. The zero-order valence-corrected chi connectivity index (χ0v) is 12.1. The van der Waals surface area contributed by atoms with Gasteiger partial charge in [-0.05, 0) is 29.9 Å². The molecule has 0 radical (unpaired) electrons. The molecule has 20 heavy (non-hydrogen) atoms. The molecule has 1 aromatic carbocycles. The number of benzene rings is 1. The summed E-state index contributed by atoms with van der Waals surface area (Å²) in [5.41, 5.74) is 1.25. The maximum Gasteiger partial charge on any atom is 0.220 e. The molecular weight excluding hydrogens is 270 g/mol. The first-order chi connectivity index (χ1) is 9.75. The number of aliphatic hydroxyl groups excluding tert-OH is 1. The number of aryl methyl sites for hydroxylation is 1. The first-order valence-electron chi connectivity index (χ1n) is 6.78. The summed E-state index contributed by atoms with van der Waals surface area (Å²) in [6.07, 6.45) is 1.62. The van der Waals surface area contributed by atoms with Crippen LogP contribution in [0.4, 0.5) is 0 Å². The Bertz CT molecular complexity index is 511. The van der Waals surface area contributed by atoms with Crippen LogP contribution < -0.4 is 5.32 Å². The van der Waals surface area contributed by atoms with E-state index in [2.05, 4.69) is 17.4 Å². The third-order valence-corrected chi connectivity index (χ3v) is 4.05. The van der Waals surface area contributed by atoms with E-state index in [4.69, 9.17) is 0 Å². The Balaban J connectivity index is 1.63. The molecule has 1 amide bonds. The highest BCUT2D eigenvalue weighted by Crippen LogP contribution is 2.17. The van der Waals surface area contributed by atoms with Gasteiger partial charge in [0.25, 0.3) is 0 Å². The molecule has 2 N–H and O–H groups in total. The number of hydrogen-bond donors (Lipinski definition) is 2. The fourth-order valence-electron chi connectivity index (χ4n) is 1.98. The minimum Gasteiger partial charge on any atom is -0.386 e. The Kier molecular flexibility index (Phi) is 5.77. The molecule has 2 rings (SSSR count). The predicted molar refractivity (Wildman–Crippen MR) is 81.7 cm³/mol. The summed E-state index contributed by atoms with van der Waals surface area (Å²) in [5.74, 6) is -0.00321. The van der Waals surface area contributed by atoms with Gasteiger partial charge in [-0.2, -0.15) is 0 Å².